The van der Waals surface area contributed by atoms with Gasteiger partial charge in [0, 0.05) is 22.3 Å². The van der Waals surface area contributed by atoms with Gasteiger partial charge in [-0.05, 0) is 125 Å². The summed E-state index contributed by atoms with van der Waals surface area (Å²) >= 11 is 0. The lowest BCUT2D eigenvalue weighted by Gasteiger charge is -2.54. The van der Waals surface area contributed by atoms with Gasteiger partial charge in [-0.1, -0.05) is 213 Å². The number of benzene rings is 8. The van der Waals surface area contributed by atoms with Crippen LogP contribution in [-0.2, 0) is 29.0 Å². The van der Waals surface area contributed by atoms with Gasteiger partial charge >= 0.3 is 0 Å². The van der Waals surface area contributed by atoms with Gasteiger partial charge < -0.3 is 14.2 Å². The summed E-state index contributed by atoms with van der Waals surface area (Å²) < 4.78 is 23.3. The van der Waals surface area contributed by atoms with Gasteiger partial charge in [-0.25, -0.2) is 0 Å². The predicted molar refractivity (Wildman–Crippen MR) is 294 cm³/mol. The Balaban J connectivity index is 1.59. The lowest BCUT2D eigenvalue weighted by atomic mass is 9.55. The third-order valence-corrected chi connectivity index (χ3v) is 14.4. The van der Waals surface area contributed by atoms with E-state index >= 15 is 5.11 Å². The zero-order chi connectivity index (χ0) is 50.1. The van der Waals surface area contributed by atoms with Crippen molar-refractivity contribution in [3.05, 3.63) is 233 Å². The van der Waals surface area contributed by atoms with Crippen LogP contribution in [0.4, 0.5) is 0 Å². The number of para-hydroxylation sites is 2. The number of hydrogen-bond donors (Lipinski definition) is 0. The van der Waals surface area contributed by atoms with Crippen molar-refractivity contribution in [1.82, 2.24) is 0 Å². The van der Waals surface area contributed by atoms with Crippen molar-refractivity contribution in [2.45, 2.75) is 111 Å². The van der Waals surface area contributed by atoms with Crippen molar-refractivity contribution in [1.29, 1.82) is 0 Å². The highest BCUT2D eigenvalue weighted by Crippen LogP contribution is 2.60. The molecule has 0 amide bonds. The fourth-order valence-electron chi connectivity index (χ4n) is 11.1. The summed E-state index contributed by atoms with van der Waals surface area (Å²) in [6.45, 7) is 19.9. The van der Waals surface area contributed by atoms with Crippen LogP contribution in [0, 0.1) is 12.8 Å². The van der Waals surface area contributed by atoms with Crippen LogP contribution in [-0.4, -0.2) is 6.61 Å². The molecule has 8 aromatic rings. The van der Waals surface area contributed by atoms with Gasteiger partial charge in [0.2, 0.25) is 0 Å². The molecule has 8 aromatic carbocycles. The molecule has 2 atom stereocenters. The van der Waals surface area contributed by atoms with Crippen LogP contribution in [0.25, 0.3) is 22.3 Å². The Labute approximate surface area is 424 Å². The Morgan fingerprint density at radius 3 is 1.69 bits per heavy atom. The number of ether oxygens (including phenoxy) is 3. The number of hydrogen-bond acceptors (Lipinski definition) is 3. The van der Waals surface area contributed by atoms with Crippen LogP contribution in [0.5, 0.6) is 28.7 Å². The average molecular weight is 940 g/mol. The van der Waals surface area contributed by atoms with E-state index in [-0.39, 0.29) is 30.1 Å². The molecule has 0 saturated heterocycles. The molecule has 0 aliphatic rings. The molecule has 0 heterocycles. The van der Waals surface area contributed by atoms with Crippen molar-refractivity contribution in [3.8, 4) is 51.0 Å². The van der Waals surface area contributed by atoms with Gasteiger partial charge in [0.25, 0.3) is 0 Å². The first kappa shape index (κ1) is 50.4. The van der Waals surface area contributed by atoms with Crippen LogP contribution in [0.1, 0.15) is 125 Å². The van der Waals surface area contributed by atoms with Gasteiger partial charge in [0.05, 0.1) is 0 Å². The molecule has 0 bridgehead atoms. The zero-order valence-corrected chi connectivity index (χ0v) is 43.3. The van der Waals surface area contributed by atoms with E-state index in [0.717, 1.165) is 64.8 Å². The lowest BCUT2D eigenvalue weighted by Crippen LogP contribution is -2.60. The maximum Gasteiger partial charge on any atom is 0.183 e. The molecule has 0 aromatic heterocycles. The van der Waals surface area contributed by atoms with E-state index < -0.39 is 11.0 Å². The first-order valence-electron chi connectivity index (χ1n) is 25.8. The highest BCUT2D eigenvalue weighted by atomic mass is 16.5. The normalized spacial score (nSPS) is 13.2. The molecule has 0 fully saturated rings. The predicted octanol–water partition coefficient (Wildman–Crippen LogP) is 18.4. The highest BCUT2D eigenvalue weighted by Gasteiger charge is 2.62. The Bertz CT molecular complexity index is 2980. The lowest BCUT2D eigenvalue weighted by molar-refractivity contribution is -0.0618. The monoisotopic (exact) mass is 940 g/mol. The summed E-state index contributed by atoms with van der Waals surface area (Å²) in [5.41, 5.74) is 9.46. The minimum Gasteiger partial charge on any atom is -0.492 e. The zero-order valence-electron chi connectivity index (χ0n) is 43.3. The Morgan fingerprint density at radius 2 is 1.11 bits per heavy atom. The highest BCUT2D eigenvalue weighted by molar-refractivity contribution is 5.82. The Hall–Kier alpha value is -7.04. The second-order valence-corrected chi connectivity index (χ2v) is 20.0. The standard InChI is InChI=1S/C67H71O4/c1-10-12-28-52-42-43-60(62(47(5)6)63(52)51-29-17-13-18-30-51)69-45-66(57-37-26-25-27-49(57)9,67(48(7)8,54-31-19-14-20-32-54)71-56-35-23-16-24-36-56)58-44-59(68)61(46(3)4)64(53-40-38-50(11-2)39-41-53)65(58)70-55-33-21-15-22-34-55/h13-27,29-44,46-48H,10-12,28,45H2,1-9H3. The Kier molecular flexibility index (Phi) is 15.9. The summed E-state index contributed by atoms with van der Waals surface area (Å²) in [6.07, 6.45) is 4.02. The van der Waals surface area contributed by atoms with E-state index in [2.05, 4.69) is 184 Å². The summed E-state index contributed by atoms with van der Waals surface area (Å²) in [5.74, 6) is 2.40. The minimum atomic E-state index is -1.32. The van der Waals surface area contributed by atoms with Crippen molar-refractivity contribution in [3.63, 3.8) is 0 Å². The summed E-state index contributed by atoms with van der Waals surface area (Å²) in [6, 6.07) is 65.0. The largest absolute Gasteiger partial charge is 0.492 e. The maximum atomic E-state index is 15.8. The molecular formula is C67H71O4. The second kappa shape index (κ2) is 22.4. The van der Waals surface area contributed by atoms with Crippen LogP contribution in [0.2, 0.25) is 0 Å². The number of unbranched alkanes of at least 4 members (excludes halogenated alkanes) is 1. The molecule has 1 radical (unpaired) electrons. The van der Waals surface area contributed by atoms with Crippen molar-refractivity contribution in [2.75, 3.05) is 6.61 Å². The molecule has 71 heavy (non-hydrogen) atoms. The van der Waals surface area contributed by atoms with E-state index in [1.54, 1.807) is 0 Å². The molecular weight excluding hydrogens is 869 g/mol. The third-order valence-electron chi connectivity index (χ3n) is 14.4. The van der Waals surface area contributed by atoms with Crippen LogP contribution >= 0.6 is 0 Å². The van der Waals surface area contributed by atoms with Crippen molar-refractivity contribution in [2.24, 2.45) is 5.92 Å². The quantitative estimate of drug-likeness (QED) is 0.0765. The van der Waals surface area contributed by atoms with E-state index in [1.165, 1.54) is 22.3 Å². The Morgan fingerprint density at radius 1 is 0.549 bits per heavy atom. The molecule has 0 aliphatic heterocycles. The van der Waals surface area contributed by atoms with Crippen molar-refractivity contribution >= 4 is 0 Å². The molecule has 0 spiro atoms. The first-order valence-corrected chi connectivity index (χ1v) is 25.8. The third kappa shape index (κ3) is 10.00. The van der Waals surface area contributed by atoms with E-state index in [1.807, 2.05) is 66.7 Å². The molecule has 0 N–H and O–H groups in total. The van der Waals surface area contributed by atoms with E-state index in [0.29, 0.717) is 28.4 Å². The van der Waals surface area contributed by atoms with Gasteiger partial charge in [-0.15, -0.1) is 0 Å². The fourth-order valence-corrected chi connectivity index (χ4v) is 11.1. The van der Waals surface area contributed by atoms with E-state index in [4.69, 9.17) is 14.2 Å². The summed E-state index contributed by atoms with van der Waals surface area (Å²) in [7, 11) is 0. The molecule has 4 heteroatoms. The SMILES string of the molecule is CCCCc1ccc(OCC(c2ccccc2C)(c2cc([O])c(C(C)C)c(-c3ccc(CC)cc3)c2Oc2ccccc2)C(Oc2ccccc2)(c2ccccc2)C(C)C)c(C(C)C)c1-c1ccccc1. The van der Waals surface area contributed by atoms with Gasteiger partial charge in [0.15, 0.2) is 11.4 Å². The molecule has 363 valence electrons. The maximum absolute atomic E-state index is 15.8. The molecule has 0 saturated carbocycles. The first-order chi connectivity index (χ1) is 34.4. The smallest absolute Gasteiger partial charge is 0.183 e. The number of rotatable bonds is 20. The molecule has 8 rings (SSSR count). The summed E-state index contributed by atoms with van der Waals surface area (Å²) in [4.78, 5) is 0. The van der Waals surface area contributed by atoms with Gasteiger partial charge in [-0.2, -0.15) is 0 Å². The molecule has 2 unspecified atom stereocenters. The van der Waals surface area contributed by atoms with Crippen LogP contribution in [0.15, 0.2) is 188 Å². The minimum absolute atomic E-state index is 0.0668. The molecule has 4 nitrogen and oxygen atoms in total. The van der Waals surface area contributed by atoms with E-state index in [9.17, 15) is 0 Å². The topological polar surface area (TPSA) is 47.6 Å². The van der Waals surface area contributed by atoms with Crippen LogP contribution in [0.3, 0.4) is 0 Å². The number of aryl methyl sites for hydroxylation is 3. The van der Waals surface area contributed by atoms with Gasteiger partial charge in [0.1, 0.15) is 35.0 Å². The van der Waals surface area contributed by atoms with Gasteiger partial charge in [-0.3, -0.25) is 5.11 Å². The van der Waals surface area contributed by atoms with Crippen molar-refractivity contribution < 1.29 is 19.3 Å². The second-order valence-electron chi connectivity index (χ2n) is 20.0. The fraction of sp³-hybridized carbons (Fsp3) is 0.284. The average Bonchev–Trinajstić information content (AvgIpc) is 3.39. The summed E-state index contributed by atoms with van der Waals surface area (Å²) in [5, 5.41) is 15.8. The van der Waals surface area contributed by atoms with Crippen LogP contribution < -0.4 is 14.2 Å². The molecule has 0 aliphatic carbocycles.